The van der Waals surface area contributed by atoms with Crippen LogP contribution in [0.1, 0.15) is 30.9 Å². The summed E-state index contributed by atoms with van der Waals surface area (Å²) in [5.74, 6) is 0.108. The van der Waals surface area contributed by atoms with E-state index in [1.54, 1.807) is 0 Å². The van der Waals surface area contributed by atoms with Crippen molar-refractivity contribution in [2.24, 2.45) is 5.92 Å². The molecule has 1 aliphatic heterocycles. The molecular formula is C17H25NO2. The van der Waals surface area contributed by atoms with E-state index >= 15 is 0 Å². The lowest BCUT2D eigenvalue weighted by Crippen LogP contribution is -2.38. The molecule has 1 heterocycles. The summed E-state index contributed by atoms with van der Waals surface area (Å²) in [6.07, 6.45) is 2.96. The molecule has 1 fully saturated rings. The molecule has 0 bridgehead atoms. The summed E-state index contributed by atoms with van der Waals surface area (Å²) in [4.78, 5) is 14.1. The molecule has 0 N–H and O–H groups in total. The highest BCUT2D eigenvalue weighted by molar-refractivity contribution is 5.72. The second-order valence-electron chi connectivity index (χ2n) is 5.60. The van der Waals surface area contributed by atoms with Crippen LogP contribution in [0.4, 0.5) is 0 Å². The second-order valence-corrected chi connectivity index (χ2v) is 5.60. The van der Waals surface area contributed by atoms with E-state index in [0.29, 0.717) is 6.61 Å². The zero-order valence-electron chi connectivity index (χ0n) is 12.6. The standard InChI is InChI=1S/C17H25NO2/c1-3-20-17(19)16-9-12-18(13-10-16)11-8-15-6-4-14(2)5-7-15/h4-7,16H,3,8-13H2,1-2H3. The molecule has 20 heavy (non-hydrogen) atoms. The van der Waals surface area contributed by atoms with Crippen molar-refractivity contribution in [2.75, 3.05) is 26.2 Å². The number of likely N-dealkylation sites (tertiary alicyclic amines) is 1. The largest absolute Gasteiger partial charge is 0.466 e. The third-order valence-electron chi connectivity index (χ3n) is 4.04. The molecule has 0 radical (unpaired) electrons. The fourth-order valence-electron chi connectivity index (χ4n) is 2.69. The predicted molar refractivity (Wildman–Crippen MR) is 80.7 cm³/mol. The van der Waals surface area contributed by atoms with E-state index in [9.17, 15) is 4.79 Å². The molecule has 0 saturated carbocycles. The van der Waals surface area contributed by atoms with E-state index in [0.717, 1.165) is 38.9 Å². The van der Waals surface area contributed by atoms with Gasteiger partial charge < -0.3 is 9.64 Å². The molecule has 0 amide bonds. The first-order valence-electron chi connectivity index (χ1n) is 7.63. The Morgan fingerprint density at radius 1 is 1.25 bits per heavy atom. The maximum atomic E-state index is 11.7. The molecule has 0 unspecified atom stereocenters. The van der Waals surface area contributed by atoms with E-state index in [4.69, 9.17) is 4.74 Å². The topological polar surface area (TPSA) is 29.5 Å². The highest BCUT2D eigenvalue weighted by Crippen LogP contribution is 2.19. The number of rotatable bonds is 5. The number of carbonyl (C=O) groups excluding carboxylic acids is 1. The summed E-state index contributed by atoms with van der Waals surface area (Å²) < 4.78 is 5.10. The Morgan fingerprint density at radius 3 is 2.50 bits per heavy atom. The number of ether oxygens (including phenoxy) is 1. The van der Waals surface area contributed by atoms with Crippen LogP contribution in [0, 0.1) is 12.8 Å². The Hall–Kier alpha value is -1.35. The Bertz CT molecular complexity index is 419. The van der Waals surface area contributed by atoms with E-state index < -0.39 is 0 Å². The van der Waals surface area contributed by atoms with Crippen molar-refractivity contribution in [3.63, 3.8) is 0 Å². The van der Waals surface area contributed by atoms with Crippen molar-refractivity contribution < 1.29 is 9.53 Å². The van der Waals surface area contributed by atoms with E-state index in [2.05, 4.69) is 36.1 Å². The SMILES string of the molecule is CCOC(=O)C1CCN(CCc2ccc(C)cc2)CC1. The molecule has 1 saturated heterocycles. The van der Waals surface area contributed by atoms with Crippen molar-refractivity contribution in [3.8, 4) is 0 Å². The van der Waals surface area contributed by atoms with Gasteiger partial charge >= 0.3 is 5.97 Å². The molecule has 0 aliphatic carbocycles. The number of esters is 1. The molecule has 0 atom stereocenters. The molecule has 1 aromatic carbocycles. The lowest BCUT2D eigenvalue weighted by atomic mass is 9.96. The Morgan fingerprint density at radius 2 is 1.90 bits per heavy atom. The van der Waals surface area contributed by atoms with Crippen LogP contribution in [-0.4, -0.2) is 37.1 Å². The highest BCUT2D eigenvalue weighted by Gasteiger charge is 2.25. The monoisotopic (exact) mass is 275 g/mol. The van der Waals surface area contributed by atoms with Crippen LogP contribution < -0.4 is 0 Å². The lowest BCUT2D eigenvalue weighted by molar-refractivity contribution is -0.149. The summed E-state index contributed by atoms with van der Waals surface area (Å²) in [7, 11) is 0. The number of hydrogen-bond acceptors (Lipinski definition) is 3. The molecule has 110 valence electrons. The van der Waals surface area contributed by atoms with Crippen molar-refractivity contribution in [1.29, 1.82) is 0 Å². The summed E-state index contributed by atoms with van der Waals surface area (Å²) in [5.41, 5.74) is 2.70. The van der Waals surface area contributed by atoms with Crippen molar-refractivity contribution in [3.05, 3.63) is 35.4 Å². The molecule has 3 nitrogen and oxygen atoms in total. The molecule has 1 aliphatic rings. The number of hydrogen-bond donors (Lipinski definition) is 0. The Kier molecular flexibility index (Phi) is 5.60. The van der Waals surface area contributed by atoms with Crippen LogP contribution in [0.3, 0.4) is 0 Å². The normalized spacial score (nSPS) is 17.1. The van der Waals surface area contributed by atoms with Gasteiger partial charge in [-0.3, -0.25) is 4.79 Å². The van der Waals surface area contributed by atoms with Gasteiger partial charge in [0.2, 0.25) is 0 Å². The minimum atomic E-state index is -0.00863. The van der Waals surface area contributed by atoms with Gasteiger partial charge in [0.1, 0.15) is 0 Å². The summed E-state index contributed by atoms with van der Waals surface area (Å²) in [5, 5.41) is 0. The van der Waals surface area contributed by atoms with Crippen molar-refractivity contribution >= 4 is 5.97 Å². The van der Waals surface area contributed by atoms with Gasteiger partial charge in [-0.1, -0.05) is 29.8 Å². The fourth-order valence-corrected chi connectivity index (χ4v) is 2.69. The average molecular weight is 275 g/mol. The number of benzene rings is 1. The van der Waals surface area contributed by atoms with Gasteiger partial charge in [0.05, 0.1) is 12.5 Å². The van der Waals surface area contributed by atoms with E-state index in [-0.39, 0.29) is 11.9 Å². The van der Waals surface area contributed by atoms with Gasteiger partial charge in [-0.2, -0.15) is 0 Å². The Balaban J connectivity index is 1.72. The molecule has 0 aromatic heterocycles. The maximum Gasteiger partial charge on any atom is 0.309 e. The highest BCUT2D eigenvalue weighted by atomic mass is 16.5. The number of piperidine rings is 1. The molecule has 3 heteroatoms. The van der Waals surface area contributed by atoms with Crippen LogP contribution >= 0.6 is 0 Å². The van der Waals surface area contributed by atoms with Gasteiger partial charge in [0, 0.05) is 6.54 Å². The van der Waals surface area contributed by atoms with Crippen molar-refractivity contribution in [2.45, 2.75) is 33.1 Å². The zero-order chi connectivity index (χ0) is 14.4. The van der Waals surface area contributed by atoms with E-state index in [1.807, 2.05) is 6.92 Å². The lowest BCUT2D eigenvalue weighted by Gasteiger charge is -2.30. The van der Waals surface area contributed by atoms with Gasteiger partial charge in [-0.25, -0.2) is 0 Å². The van der Waals surface area contributed by atoms with Crippen LogP contribution in [-0.2, 0) is 16.0 Å². The van der Waals surface area contributed by atoms with Gasteiger partial charge in [0.15, 0.2) is 0 Å². The number of carbonyl (C=O) groups is 1. The summed E-state index contributed by atoms with van der Waals surface area (Å²) in [6, 6.07) is 8.76. The van der Waals surface area contributed by atoms with Gasteiger partial charge in [0.25, 0.3) is 0 Å². The van der Waals surface area contributed by atoms with Crippen LogP contribution in [0.5, 0.6) is 0 Å². The van der Waals surface area contributed by atoms with E-state index in [1.165, 1.54) is 11.1 Å². The van der Waals surface area contributed by atoms with Gasteiger partial charge in [-0.15, -0.1) is 0 Å². The number of aryl methyl sites for hydroxylation is 1. The minimum Gasteiger partial charge on any atom is -0.466 e. The third-order valence-corrected chi connectivity index (χ3v) is 4.04. The number of nitrogens with zero attached hydrogens (tertiary/aromatic N) is 1. The molecule has 0 spiro atoms. The first-order chi connectivity index (χ1) is 9.69. The Labute approximate surface area is 121 Å². The molecule has 1 aromatic rings. The van der Waals surface area contributed by atoms with Crippen molar-refractivity contribution in [1.82, 2.24) is 4.90 Å². The van der Waals surface area contributed by atoms with Crippen LogP contribution in [0.15, 0.2) is 24.3 Å². The maximum absolute atomic E-state index is 11.7. The molecule has 2 rings (SSSR count). The van der Waals surface area contributed by atoms with Crippen LogP contribution in [0.2, 0.25) is 0 Å². The van der Waals surface area contributed by atoms with Crippen LogP contribution in [0.25, 0.3) is 0 Å². The molecular weight excluding hydrogens is 250 g/mol. The summed E-state index contributed by atoms with van der Waals surface area (Å²) >= 11 is 0. The quantitative estimate of drug-likeness (QED) is 0.774. The van der Waals surface area contributed by atoms with Gasteiger partial charge in [-0.05, 0) is 51.8 Å². The predicted octanol–water partition coefficient (Wildman–Crippen LogP) is 2.81. The second kappa shape index (κ2) is 7.44. The third kappa shape index (κ3) is 4.34. The first kappa shape index (κ1) is 15.0. The average Bonchev–Trinajstić information content (AvgIpc) is 2.47. The fraction of sp³-hybridized carbons (Fsp3) is 0.588. The summed E-state index contributed by atoms with van der Waals surface area (Å²) in [6.45, 7) is 7.58. The minimum absolute atomic E-state index is 0.00863. The zero-order valence-corrected chi connectivity index (χ0v) is 12.6. The first-order valence-corrected chi connectivity index (χ1v) is 7.63. The smallest absolute Gasteiger partial charge is 0.309 e.